The van der Waals surface area contributed by atoms with Gasteiger partial charge in [-0.3, -0.25) is 9.69 Å². The molecule has 2 N–H and O–H groups in total. The molecule has 1 saturated carbocycles. The normalized spacial score (nSPS) is 20.5. The van der Waals surface area contributed by atoms with E-state index in [0.717, 1.165) is 70.5 Å². The molecule has 2 aliphatic rings. The summed E-state index contributed by atoms with van der Waals surface area (Å²) in [7, 11) is 0. The Hall–Kier alpha value is -0.810. The van der Waals surface area contributed by atoms with Crippen molar-refractivity contribution in [1.29, 1.82) is 0 Å². The van der Waals surface area contributed by atoms with Gasteiger partial charge in [-0.2, -0.15) is 0 Å². The number of hydrogen-bond donors (Lipinski definition) is 2. The van der Waals surface area contributed by atoms with Gasteiger partial charge in [-0.05, 0) is 30.5 Å². The molecule has 140 valence electrons. The van der Waals surface area contributed by atoms with Gasteiger partial charge in [0.1, 0.15) is 0 Å². The first kappa shape index (κ1) is 20.5. The summed E-state index contributed by atoms with van der Waals surface area (Å²) in [6.45, 7) is 5.87. The predicted molar refractivity (Wildman–Crippen MR) is 106 cm³/mol. The highest BCUT2D eigenvalue weighted by molar-refractivity contribution is 6.30. The monoisotopic (exact) mass is 385 g/mol. The average Bonchev–Trinajstić information content (AvgIpc) is 2.63. The summed E-state index contributed by atoms with van der Waals surface area (Å²) in [4.78, 5) is 15.5. The maximum absolute atomic E-state index is 13.1. The zero-order valence-electron chi connectivity index (χ0n) is 14.7. The first-order valence-corrected chi connectivity index (χ1v) is 9.56. The zero-order valence-corrected chi connectivity index (χ0v) is 16.3. The molecular weight excluding hydrogens is 357 g/mol. The number of carbonyl (C=O) groups is 1. The van der Waals surface area contributed by atoms with Crippen molar-refractivity contribution in [2.45, 2.75) is 37.5 Å². The van der Waals surface area contributed by atoms with Gasteiger partial charge in [0.2, 0.25) is 5.91 Å². The maximum Gasteiger partial charge on any atom is 0.230 e. The van der Waals surface area contributed by atoms with Crippen molar-refractivity contribution in [3.63, 3.8) is 0 Å². The van der Waals surface area contributed by atoms with Gasteiger partial charge >= 0.3 is 0 Å². The molecule has 1 aliphatic carbocycles. The Labute approximate surface area is 162 Å². The fourth-order valence-corrected chi connectivity index (χ4v) is 4.21. The lowest BCUT2D eigenvalue weighted by Crippen LogP contribution is -2.50. The lowest BCUT2D eigenvalue weighted by atomic mass is 9.68. The standard InChI is InChI=1S/C19H28ClN3O.ClH/c20-17-6-4-5-16(15-17)19(7-2-1-3-8-19)18(24)22-11-14-23-12-9-21-10-13-23;/h4-6,15,21H,1-3,7-14H2,(H,22,24);1H. The Bertz CT molecular complexity index is 555. The molecule has 1 aromatic carbocycles. The molecule has 0 unspecified atom stereocenters. The number of rotatable bonds is 5. The minimum atomic E-state index is -0.396. The topological polar surface area (TPSA) is 44.4 Å². The number of benzene rings is 1. The fraction of sp³-hybridized carbons (Fsp3) is 0.632. The third-order valence-electron chi connectivity index (χ3n) is 5.44. The van der Waals surface area contributed by atoms with Crippen molar-refractivity contribution in [3.8, 4) is 0 Å². The van der Waals surface area contributed by atoms with Crippen LogP contribution in [-0.4, -0.2) is 50.1 Å². The average molecular weight is 386 g/mol. The van der Waals surface area contributed by atoms with Gasteiger partial charge < -0.3 is 10.6 Å². The van der Waals surface area contributed by atoms with Crippen LogP contribution in [0.2, 0.25) is 5.02 Å². The molecule has 2 fully saturated rings. The Morgan fingerprint density at radius 3 is 2.60 bits per heavy atom. The van der Waals surface area contributed by atoms with Crippen molar-refractivity contribution in [2.75, 3.05) is 39.3 Å². The van der Waals surface area contributed by atoms with E-state index < -0.39 is 5.41 Å². The number of hydrogen-bond acceptors (Lipinski definition) is 3. The molecule has 1 aromatic rings. The number of amides is 1. The van der Waals surface area contributed by atoms with E-state index in [1.807, 2.05) is 18.2 Å². The molecular formula is C19H29Cl2N3O. The highest BCUT2D eigenvalue weighted by Crippen LogP contribution is 2.40. The highest BCUT2D eigenvalue weighted by atomic mass is 35.5. The van der Waals surface area contributed by atoms with E-state index in [9.17, 15) is 4.79 Å². The Kier molecular flexibility index (Phi) is 8.01. The Morgan fingerprint density at radius 2 is 1.92 bits per heavy atom. The molecule has 0 aromatic heterocycles. The lowest BCUT2D eigenvalue weighted by molar-refractivity contribution is -0.128. The van der Waals surface area contributed by atoms with E-state index in [0.29, 0.717) is 5.02 Å². The second-order valence-electron chi connectivity index (χ2n) is 7.00. The second-order valence-corrected chi connectivity index (χ2v) is 7.44. The molecule has 1 saturated heterocycles. The minimum Gasteiger partial charge on any atom is -0.354 e. The summed E-state index contributed by atoms with van der Waals surface area (Å²) in [5.41, 5.74) is 0.682. The summed E-state index contributed by atoms with van der Waals surface area (Å²) in [5, 5.41) is 7.29. The van der Waals surface area contributed by atoms with Gasteiger partial charge in [0.25, 0.3) is 0 Å². The third-order valence-corrected chi connectivity index (χ3v) is 5.68. The lowest BCUT2D eigenvalue weighted by Gasteiger charge is -2.37. The van der Waals surface area contributed by atoms with Crippen molar-refractivity contribution < 1.29 is 4.79 Å². The van der Waals surface area contributed by atoms with Crippen molar-refractivity contribution in [1.82, 2.24) is 15.5 Å². The second kappa shape index (κ2) is 9.77. The minimum absolute atomic E-state index is 0. The zero-order chi connectivity index (χ0) is 16.8. The van der Waals surface area contributed by atoms with Gasteiger partial charge in [-0.1, -0.05) is 43.0 Å². The summed E-state index contributed by atoms with van der Waals surface area (Å²) < 4.78 is 0. The first-order chi connectivity index (χ1) is 11.7. The molecule has 4 nitrogen and oxygen atoms in total. The maximum atomic E-state index is 13.1. The van der Waals surface area contributed by atoms with Gasteiger partial charge in [0.05, 0.1) is 5.41 Å². The SMILES string of the molecule is Cl.O=C(NCCN1CCNCC1)C1(c2cccc(Cl)c2)CCCCC1. The molecule has 6 heteroatoms. The molecule has 0 spiro atoms. The molecule has 25 heavy (non-hydrogen) atoms. The van der Waals surface area contributed by atoms with E-state index in [2.05, 4.69) is 21.6 Å². The summed E-state index contributed by atoms with van der Waals surface area (Å²) in [5.74, 6) is 0.180. The van der Waals surface area contributed by atoms with E-state index in [4.69, 9.17) is 11.6 Å². The van der Waals surface area contributed by atoms with Crippen LogP contribution in [-0.2, 0) is 10.2 Å². The molecule has 1 aliphatic heterocycles. The quantitative estimate of drug-likeness (QED) is 0.818. The molecule has 1 heterocycles. The Morgan fingerprint density at radius 1 is 1.20 bits per heavy atom. The molecule has 0 bridgehead atoms. The summed E-state index contributed by atoms with van der Waals surface area (Å²) in [6, 6.07) is 7.88. The van der Waals surface area contributed by atoms with Crippen molar-refractivity contribution >= 4 is 29.9 Å². The number of halogens is 2. The van der Waals surface area contributed by atoms with Crippen LogP contribution >= 0.6 is 24.0 Å². The number of nitrogens with one attached hydrogen (secondary N) is 2. The smallest absolute Gasteiger partial charge is 0.230 e. The largest absolute Gasteiger partial charge is 0.354 e. The van der Waals surface area contributed by atoms with Crippen molar-refractivity contribution in [3.05, 3.63) is 34.9 Å². The Balaban J connectivity index is 0.00000225. The van der Waals surface area contributed by atoms with Crippen LogP contribution < -0.4 is 10.6 Å². The molecule has 0 radical (unpaired) electrons. The van der Waals surface area contributed by atoms with Gasteiger partial charge in [-0.25, -0.2) is 0 Å². The van der Waals surface area contributed by atoms with Crippen LogP contribution in [0, 0.1) is 0 Å². The summed E-state index contributed by atoms with van der Waals surface area (Å²) in [6.07, 6.45) is 5.28. The van der Waals surface area contributed by atoms with Crippen LogP contribution in [0.3, 0.4) is 0 Å². The van der Waals surface area contributed by atoms with E-state index >= 15 is 0 Å². The highest BCUT2D eigenvalue weighted by Gasteiger charge is 2.40. The fourth-order valence-electron chi connectivity index (χ4n) is 4.02. The third kappa shape index (κ3) is 5.10. The van der Waals surface area contributed by atoms with Crippen LogP contribution in [0.1, 0.15) is 37.7 Å². The molecule has 1 amide bonds. The van der Waals surface area contributed by atoms with Gasteiger partial charge in [0.15, 0.2) is 0 Å². The van der Waals surface area contributed by atoms with Gasteiger partial charge in [0, 0.05) is 44.3 Å². The van der Waals surface area contributed by atoms with Crippen molar-refractivity contribution in [2.24, 2.45) is 0 Å². The van der Waals surface area contributed by atoms with Gasteiger partial charge in [-0.15, -0.1) is 12.4 Å². The molecule has 0 atom stereocenters. The van der Waals surface area contributed by atoms with Crippen LogP contribution in [0.5, 0.6) is 0 Å². The number of piperazine rings is 1. The predicted octanol–water partition coefficient (Wildman–Crippen LogP) is 2.99. The summed E-state index contributed by atoms with van der Waals surface area (Å²) >= 11 is 6.19. The van der Waals surface area contributed by atoms with Crippen LogP contribution in [0.4, 0.5) is 0 Å². The van der Waals surface area contributed by atoms with E-state index in [1.54, 1.807) is 0 Å². The first-order valence-electron chi connectivity index (χ1n) is 9.18. The molecule has 3 rings (SSSR count). The van der Waals surface area contributed by atoms with E-state index in [1.165, 1.54) is 6.42 Å². The number of nitrogens with zero attached hydrogens (tertiary/aromatic N) is 1. The van der Waals surface area contributed by atoms with E-state index in [-0.39, 0.29) is 18.3 Å². The van der Waals surface area contributed by atoms with Crippen LogP contribution in [0.15, 0.2) is 24.3 Å². The van der Waals surface area contributed by atoms with Crippen LogP contribution in [0.25, 0.3) is 0 Å². The number of carbonyl (C=O) groups excluding carboxylic acids is 1.